The van der Waals surface area contributed by atoms with Crippen molar-refractivity contribution in [1.82, 2.24) is 10.3 Å². The molecule has 82 valence electrons. The molecule has 1 saturated heterocycles. The van der Waals surface area contributed by atoms with E-state index < -0.39 is 0 Å². The fourth-order valence-corrected chi connectivity index (χ4v) is 1.71. The van der Waals surface area contributed by atoms with Gasteiger partial charge in [-0.05, 0) is 18.6 Å². The number of anilines is 1. The molecule has 1 aliphatic rings. The second-order valence-electron chi connectivity index (χ2n) is 3.81. The molecule has 5 nitrogen and oxygen atoms in total. The largest absolute Gasteiger partial charge is 0.364 e. The van der Waals surface area contributed by atoms with Crippen molar-refractivity contribution in [3.05, 3.63) is 23.4 Å². The van der Waals surface area contributed by atoms with Gasteiger partial charge >= 0.3 is 0 Å². The predicted octanol–water partition coefficient (Wildman–Crippen LogP) is 0.562. The summed E-state index contributed by atoms with van der Waals surface area (Å²) in [5.74, 6) is 0.590. The zero-order valence-corrected chi connectivity index (χ0v) is 8.95. The molecule has 1 unspecified atom stereocenters. The Morgan fingerprint density at radius 1 is 1.69 bits per heavy atom. The molecule has 0 aliphatic carbocycles. The van der Waals surface area contributed by atoms with Crippen LogP contribution in [0.2, 0.25) is 0 Å². The number of hydrogen-bond donors (Lipinski definition) is 2. The minimum absolute atomic E-state index is 0.0221. The second kappa shape index (κ2) is 4.19. The molecule has 1 aromatic rings. The molecule has 1 fully saturated rings. The predicted molar refractivity (Wildman–Crippen MR) is 58.7 cm³/mol. The standard InChI is InChI=1S/C11H12N4O/c1-7-2-3-13-11(9(7)5-12)15-8-4-10(16)14-6-8/h2-3,8H,4,6H2,1H3,(H,13,15)(H,14,16). The molecular weight excluding hydrogens is 204 g/mol. The smallest absolute Gasteiger partial charge is 0.222 e. The Bertz CT molecular complexity index is 464. The van der Waals surface area contributed by atoms with Crippen LogP contribution in [0.4, 0.5) is 5.82 Å². The molecule has 2 rings (SSSR count). The van der Waals surface area contributed by atoms with Gasteiger partial charge in [0.05, 0.1) is 11.6 Å². The Balaban J connectivity index is 2.19. The highest BCUT2D eigenvalue weighted by Gasteiger charge is 2.22. The molecular formula is C11H12N4O. The van der Waals surface area contributed by atoms with Gasteiger partial charge in [0.2, 0.25) is 5.91 Å². The summed E-state index contributed by atoms with van der Waals surface area (Å²) < 4.78 is 0. The first-order chi connectivity index (χ1) is 7.70. The topological polar surface area (TPSA) is 77.8 Å². The number of aryl methyl sites for hydroxylation is 1. The van der Waals surface area contributed by atoms with Crippen LogP contribution in [-0.2, 0) is 4.79 Å². The van der Waals surface area contributed by atoms with Gasteiger partial charge in [0.1, 0.15) is 11.9 Å². The van der Waals surface area contributed by atoms with Crippen LogP contribution >= 0.6 is 0 Å². The van der Waals surface area contributed by atoms with Gasteiger partial charge < -0.3 is 10.6 Å². The summed E-state index contributed by atoms with van der Waals surface area (Å²) in [5.41, 5.74) is 1.43. The summed E-state index contributed by atoms with van der Waals surface area (Å²) in [6.45, 7) is 2.45. The molecule has 16 heavy (non-hydrogen) atoms. The summed E-state index contributed by atoms with van der Waals surface area (Å²) >= 11 is 0. The number of pyridine rings is 1. The van der Waals surface area contributed by atoms with Crippen LogP contribution in [0.1, 0.15) is 17.5 Å². The van der Waals surface area contributed by atoms with E-state index >= 15 is 0 Å². The average Bonchev–Trinajstić information content (AvgIpc) is 2.64. The number of carbonyl (C=O) groups is 1. The molecule has 2 heterocycles. The quantitative estimate of drug-likeness (QED) is 0.757. The number of amides is 1. The zero-order chi connectivity index (χ0) is 11.5. The summed E-state index contributed by atoms with van der Waals surface area (Å²) in [6, 6.07) is 3.93. The van der Waals surface area contributed by atoms with Crippen LogP contribution in [0.3, 0.4) is 0 Å². The Morgan fingerprint density at radius 2 is 2.50 bits per heavy atom. The van der Waals surface area contributed by atoms with Crippen LogP contribution in [-0.4, -0.2) is 23.5 Å². The minimum atomic E-state index is 0.0221. The van der Waals surface area contributed by atoms with Gasteiger partial charge in [-0.2, -0.15) is 5.26 Å². The molecule has 1 amide bonds. The number of rotatable bonds is 2. The van der Waals surface area contributed by atoms with Crippen LogP contribution < -0.4 is 10.6 Å². The summed E-state index contributed by atoms with van der Waals surface area (Å²) in [7, 11) is 0. The lowest BCUT2D eigenvalue weighted by Crippen LogP contribution is -2.23. The number of carbonyl (C=O) groups excluding carboxylic acids is 1. The van der Waals surface area contributed by atoms with Crippen molar-refractivity contribution >= 4 is 11.7 Å². The van der Waals surface area contributed by atoms with Crippen LogP contribution in [0.5, 0.6) is 0 Å². The molecule has 0 saturated carbocycles. The van der Waals surface area contributed by atoms with Gasteiger partial charge in [-0.15, -0.1) is 0 Å². The van der Waals surface area contributed by atoms with Crippen molar-refractivity contribution in [2.24, 2.45) is 0 Å². The van der Waals surface area contributed by atoms with Gasteiger partial charge in [-0.3, -0.25) is 4.79 Å². The molecule has 1 atom stereocenters. The maximum Gasteiger partial charge on any atom is 0.222 e. The summed E-state index contributed by atoms with van der Waals surface area (Å²) in [5, 5.41) is 14.9. The van der Waals surface area contributed by atoms with Crippen LogP contribution in [0.15, 0.2) is 12.3 Å². The highest BCUT2D eigenvalue weighted by molar-refractivity contribution is 5.79. The van der Waals surface area contributed by atoms with Gasteiger partial charge in [0.15, 0.2) is 0 Å². The molecule has 0 spiro atoms. The van der Waals surface area contributed by atoms with E-state index in [1.807, 2.05) is 6.92 Å². The SMILES string of the molecule is Cc1ccnc(NC2CNC(=O)C2)c1C#N. The highest BCUT2D eigenvalue weighted by Crippen LogP contribution is 2.17. The first kappa shape index (κ1) is 10.4. The van der Waals surface area contributed by atoms with Crippen molar-refractivity contribution in [2.75, 3.05) is 11.9 Å². The summed E-state index contributed by atoms with van der Waals surface area (Å²) in [6.07, 6.45) is 2.09. The number of aromatic nitrogens is 1. The summed E-state index contributed by atoms with van der Waals surface area (Å²) in [4.78, 5) is 15.2. The maximum atomic E-state index is 11.0. The van der Waals surface area contributed by atoms with Gasteiger partial charge in [0.25, 0.3) is 0 Å². The number of nitriles is 1. The number of hydrogen-bond acceptors (Lipinski definition) is 4. The molecule has 2 N–H and O–H groups in total. The molecule has 1 aromatic heterocycles. The Kier molecular flexibility index (Phi) is 2.73. The molecule has 0 aromatic carbocycles. The lowest BCUT2D eigenvalue weighted by atomic mass is 10.1. The Labute approximate surface area is 93.5 Å². The van der Waals surface area contributed by atoms with Crippen molar-refractivity contribution in [1.29, 1.82) is 5.26 Å². The minimum Gasteiger partial charge on any atom is -0.364 e. The monoisotopic (exact) mass is 216 g/mol. The van der Waals surface area contributed by atoms with Crippen molar-refractivity contribution in [2.45, 2.75) is 19.4 Å². The highest BCUT2D eigenvalue weighted by atomic mass is 16.1. The lowest BCUT2D eigenvalue weighted by Gasteiger charge is -2.12. The number of nitrogens with zero attached hydrogens (tertiary/aromatic N) is 2. The van der Waals surface area contributed by atoms with Crippen molar-refractivity contribution in [3.63, 3.8) is 0 Å². The normalized spacial score (nSPS) is 19.0. The fraction of sp³-hybridized carbons (Fsp3) is 0.364. The van der Waals surface area contributed by atoms with E-state index in [0.29, 0.717) is 24.3 Å². The molecule has 1 aliphatic heterocycles. The van der Waals surface area contributed by atoms with E-state index in [0.717, 1.165) is 5.56 Å². The first-order valence-electron chi connectivity index (χ1n) is 5.09. The maximum absolute atomic E-state index is 11.0. The average molecular weight is 216 g/mol. The zero-order valence-electron chi connectivity index (χ0n) is 8.95. The van der Waals surface area contributed by atoms with E-state index in [1.165, 1.54) is 0 Å². The van der Waals surface area contributed by atoms with E-state index in [2.05, 4.69) is 21.7 Å². The van der Waals surface area contributed by atoms with E-state index in [1.54, 1.807) is 12.3 Å². The third kappa shape index (κ3) is 1.96. The fourth-order valence-electron chi connectivity index (χ4n) is 1.71. The third-order valence-corrected chi connectivity index (χ3v) is 2.59. The van der Waals surface area contributed by atoms with E-state index in [-0.39, 0.29) is 11.9 Å². The molecule has 0 bridgehead atoms. The molecule has 5 heteroatoms. The Morgan fingerprint density at radius 3 is 3.12 bits per heavy atom. The van der Waals surface area contributed by atoms with Crippen LogP contribution in [0.25, 0.3) is 0 Å². The lowest BCUT2D eigenvalue weighted by molar-refractivity contribution is -0.119. The molecule has 0 radical (unpaired) electrons. The van der Waals surface area contributed by atoms with E-state index in [4.69, 9.17) is 5.26 Å². The number of nitrogens with one attached hydrogen (secondary N) is 2. The second-order valence-corrected chi connectivity index (χ2v) is 3.81. The van der Waals surface area contributed by atoms with Crippen molar-refractivity contribution < 1.29 is 4.79 Å². The van der Waals surface area contributed by atoms with Gasteiger partial charge in [-0.25, -0.2) is 4.98 Å². The Hall–Kier alpha value is -2.09. The third-order valence-electron chi connectivity index (χ3n) is 2.59. The first-order valence-corrected chi connectivity index (χ1v) is 5.09. The van der Waals surface area contributed by atoms with Crippen molar-refractivity contribution in [3.8, 4) is 6.07 Å². The van der Waals surface area contributed by atoms with E-state index in [9.17, 15) is 4.79 Å². The van der Waals surface area contributed by atoms with Gasteiger partial charge in [0, 0.05) is 19.2 Å². The van der Waals surface area contributed by atoms with Crippen LogP contribution in [0, 0.1) is 18.3 Å². The van der Waals surface area contributed by atoms with Gasteiger partial charge in [-0.1, -0.05) is 0 Å².